The first kappa shape index (κ1) is 14.4. The van der Waals surface area contributed by atoms with E-state index in [9.17, 15) is 12.8 Å². The van der Waals surface area contributed by atoms with Crippen molar-refractivity contribution in [1.29, 1.82) is 0 Å². The number of nitrogens with zero attached hydrogens (tertiary/aromatic N) is 3. The fourth-order valence-corrected chi connectivity index (χ4v) is 3.87. The molecule has 102 valence electrons. The average molecular weight is 414 g/mol. The van der Waals surface area contributed by atoms with Crippen molar-refractivity contribution in [3.8, 4) is 0 Å². The third-order valence-corrected chi connectivity index (χ3v) is 4.91. The quantitative estimate of drug-likeness (QED) is 0.837. The number of aryl methyl sites for hydroxylation is 1. The first-order chi connectivity index (χ1) is 8.81. The lowest BCUT2D eigenvalue weighted by molar-refractivity contribution is 0.577. The van der Waals surface area contributed by atoms with E-state index in [4.69, 9.17) is 0 Å². The summed E-state index contributed by atoms with van der Waals surface area (Å²) in [5.74, 6) is -0.691. The third kappa shape index (κ3) is 2.95. The Hall–Kier alpha value is -1.00. The molecule has 0 amide bonds. The summed E-state index contributed by atoms with van der Waals surface area (Å²) in [6.07, 6.45) is 0. The number of rotatable bonds is 3. The molecule has 0 saturated carbocycles. The molecule has 0 bridgehead atoms. The maximum absolute atomic E-state index is 13.6. The van der Waals surface area contributed by atoms with Gasteiger partial charge in [0.2, 0.25) is 5.03 Å². The van der Waals surface area contributed by atoms with Crippen LogP contribution in [0.2, 0.25) is 0 Å². The van der Waals surface area contributed by atoms with Crippen LogP contribution in [0.3, 0.4) is 0 Å². The largest absolute Gasteiger partial charge is 0.282 e. The molecule has 19 heavy (non-hydrogen) atoms. The maximum atomic E-state index is 13.6. The van der Waals surface area contributed by atoms with Gasteiger partial charge in [-0.25, -0.2) is 9.07 Å². The van der Waals surface area contributed by atoms with Crippen LogP contribution in [0.25, 0.3) is 0 Å². The lowest BCUT2D eigenvalue weighted by atomic mass is 10.3. The Morgan fingerprint density at radius 3 is 2.58 bits per heavy atom. The van der Waals surface area contributed by atoms with Crippen molar-refractivity contribution in [2.24, 2.45) is 7.05 Å². The van der Waals surface area contributed by atoms with E-state index in [0.29, 0.717) is 4.47 Å². The van der Waals surface area contributed by atoms with Gasteiger partial charge < -0.3 is 0 Å². The molecule has 0 saturated heterocycles. The second-order valence-corrected chi connectivity index (χ2v) is 6.80. The minimum Gasteiger partial charge on any atom is -0.275 e. The summed E-state index contributed by atoms with van der Waals surface area (Å²) in [6.45, 7) is 0. The molecule has 0 aliphatic rings. The van der Waals surface area contributed by atoms with Crippen LogP contribution in [-0.2, 0) is 17.1 Å². The van der Waals surface area contributed by atoms with Crippen molar-refractivity contribution in [3.63, 3.8) is 0 Å². The van der Waals surface area contributed by atoms with Crippen molar-refractivity contribution in [1.82, 2.24) is 15.0 Å². The molecular formula is C9H7Br2FN4O2S. The highest BCUT2D eigenvalue weighted by Gasteiger charge is 2.24. The van der Waals surface area contributed by atoms with Gasteiger partial charge in [-0.2, -0.15) is 8.42 Å². The zero-order valence-electron chi connectivity index (χ0n) is 9.43. The maximum Gasteiger partial charge on any atom is 0.282 e. The fraction of sp³-hybridized carbons (Fsp3) is 0.111. The minimum absolute atomic E-state index is 0.0556. The summed E-state index contributed by atoms with van der Waals surface area (Å²) in [5.41, 5.74) is -0.156. The van der Waals surface area contributed by atoms with Gasteiger partial charge in [-0.15, -0.1) is 5.10 Å². The van der Waals surface area contributed by atoms with Crippen molar-refractivity contribution in [2.45, 2.75) is 5.03 Å². The van der Waals surface area contributed by atoms with Crippen molar-refractivity contribution >= 4 is 47.6 Å². The highest BCUT2D eigenvalue weighted by molar-refractivity contribution is 9.10. The van der Waals surface area contributed by atoms with Gasteiger partial charge in [0.25, 0.3) is 10.0 Å². The summed E-state index contributed by atoms with van der Waals surface area (Å²) in [4.78, 5) is 0. The molecule has 0 aliphatic heterocycles. The average Bonchev–Trinajstić information content (AvgIpc) is 2.63. The number of halogens is 3. The Bertz CT molecular complexity index is 712. The Kier molecular flexibility index (Phi) is 3.92. The number of anilines is 1. The Balaban J connectivity index is 2.42. The van der Waals surface area contributed by atoms with Crippen LogP contribution in [0.4, 0.5) is 10.1 Å². The molecule has 0 atom stereocenters. The number of hydrogen-bond donors (Lipinski definition) is 1. The predicted octanol–water partition coefficient (Wildman–Crippen LogP) is 2.28. The third-order valence-electron chi connectivity index (χ3n) is 2.17. The lowest BCUT2D eigenvalue weighted by Crippen LogP contribution is -2.18. The van der Waals surface area contributed by atoms with Crippen LogP contribution >= 0.6 is 31.9 Å². The second kappa shape index (κ2) is 5.17. The fourth-order valence-electron chi connectivity index (χ4n) is 1.37. The molecule has 0 radical (unpaired) electrons. The molecule has 0 unspecified atom stereocenters. The molecular weight excluding hydrogens is 407 g/mol. The van der Waals surface area contributed by atoms with Crippen LogP contribution in [0, 0.1) is 5.82 Å². The van der Waals surface area contributed by atoms with Gasteiger partial charge in [0.05, 0.1) is 5.69 Å². The molecule has 2 rings (SSSR count). The Morgan fingerprint density at radius 1 is 1.37 bits per heavy atom. The van der Waals surface area contributed by atoms with Crippen LogP contribution < -0.4 is 4.72 Å². The molecule has 10 heteroatoms. The van der Waals surface area contributed by atoms with Crippen LogP contribution in [0.5, 0.6) is 0 Å². The predicted molar refractivity (Wildman–Crippen MR) is 73.6 cm³/mol. The first-order valence-corrected chi connectivity index (χ1v) is 7.91. The van der Waals surface area contributed by atoms with Crippen molar-refractivity contribution in [2.75, 3.05) is 4.72 Å². The number of hydrogen-bond acceptors (Lipinski definition) is 4. The molecule has 1 N–H and O–H groups in total. The van der Waals surface area contributed by atoms with Crippen LogP contribution in [0.15, 0.2) is 32.3 Å². The highest BCUT2D eigenvalue weighted by atomic mass is 79.9. The molecule has 1 aromatic heterocycles. The molecule has 2 aromatic rings. The standard InChI is InChI=1S/C9H7Br2FN4O2S/c1-16-9(8(11)13-15-16)19(17,18)14-7-3-2-5(10)4-6(7)12/h2-4,14H,1H3. The van der Waals surface area contributed by atoms with E-state index in [1.807, 2.05) is 0 Å². The van der Waals surface area contributed by atoms with Gasteiger partial charge in [-0.3, -0.25) is 4.72 Å². The zero-order chi connectivity index (χ0) is 14.2. The number of sulfonamides is 1. The van der Waals surface area contributed by atoms with Gasteiger partial charge in [-0.1, -0.05) is 21.1 Å². The summed E-state index contributed by atoms with van der Waals surface area (Å²) in [6, 6.07) is 4.00. The molecule has 6 nitrogen and oxygen atoms in total. The van der Waals surface area contributed by atoms with E-state index in [1.54, 1.807) is 0 Å². The van der Waals surface area contributed by atoms with E-state index < -0.39 is 15.8 Å². The van der Waals surface area contributed by atoms with Crippen molar-refractivity contribution in [3.05, 3.63) is 33.1 Å². The molecule has 1 aromatic carbocycles. The molecule has 0 aliphatic carbocycles. The van der Waals surface area contributed by atoms with Gasteiger partial charge in [0.1, 0.15) is 5.82 Å². The van der Waals surface area contributed by atoms with Gasteiger partial charge >= 0.3 is 0 Å². The summed E-state index contributed by atoms with van der Waals surface area (Å²) in [5, 5.41) is 6.94. The topological polar surface area (TPSA) is 76.9 Å². The number of aromatic nitrogens is 3. The van der Waals surface area contributed by atoms with E-state index >= 15 is 0 Å². The van der Waals surface area contributed by atoms with Crippen LogP contribution in [-0.4, -0.2) is 23.4 Å². The summed E-state index contributed by atoms with van der Waals surface area (Å²) >= 11 is 6.07. The summed E-state index contributed by atoms with van der Waals surface area (Å²) in [7, 11) is -2.56. The van der Waals surface area contributed by atoms with Gasteiger partial charge in [0, 0.05) is 11.5 Å². The minimum atomic E-state index is -3.98. The number of nitrogens with one attached hydrogen (secondary N) is 1. The SMILES string of the molecule is Cn1nnc(Br)c1S(=O)(=O)Nc1ccc(Br)cc1F. The Morgan fingerprint density at radius 2 is 2.05 bits per heavy atom. The first-order valence-electron chi connectivity index (χ1n) is 4.84. The lowest BCUT2D eigenvalue weighted by Gasteiger charge is -2.09. The zero-order valence-corrected chi connectivity index (χ0v) is 13.4. The summed E-state index contributed by atoms with van der Waals surface area (Å²) < 4.78 is 41.6. The van der Waals surface area contributed by atoms with Crippen LogP contribution in [0.1, 0.15) is 0 Å². The van der Waals surface area contributed by atoms with E-state index in [2.05, 4.69) is 46.9 Å². The number of benzene rings is 1. The smallest absolute Gasteiger partial charge is 0.275 e. The van der Waals surface area contributed by atoms with Crippen molar-refractivity contribution < 1.29 is 12.8 Å². The molecule has 1 heterocycles. The normalized spacial score (nSPS) is 11.6. The monoisotopic (exact) mass is 412 g/mol. The van der Waals surface area contributed by atoms with Gasteiger partial charge in [0.15, 0.2) is 4.60 Å². The second-order valence-electron chi connectivity index (χ2n) is 3.54. The molecule has 0 fully saturated rings. The Labute approximate surface area is 125 Å². The highest BCUT2D eigenvalue weighted by Crippen LogP contribution is 2.24. The van der Waals surface area contributed by atoms with Gasteiger partial charge in [-0.05, 0) is 34.1 Å². The van der Waals surface area contributed by atoms with E-state index in [1.165, 1.54) is 19.2 Å². The molecule has 0 spiro atoms. The van der Waals surface area contributed by atoms with E-state index in [0.717, 1.165) is 10.7 Å². The van der Waals surface area contributed by atoms with E-state index in [-0.39, 0.29) is 15.3 Å².